The van der Waals surface area contributed by atoms with Gasteiger partial charge in [0.25, 0.3) is 5.91 Å². The van der Waals surface area contributed by atoms with Crippen LogP contribution in [-0.4, -0.2) is 102 Å². The molecule has 0 aliphatic rings. The molecule has 0 spiro atoms. The lowest BCUT2D eigenvalue weighted by atomic mass is 10.0. The van der Waals surface area contributed by atoms with Crippen LogP contribution in [0.4, 0.5) is 20.1 Å². The van der Waals surface area contributed by atoms with Crippen LogP contribution in [-0.2, 0) is 14.4 Å². The van der Waals surface area contributed by atoms with Gasteiger partial charge in [0.15, 0.2) is 5.11 Å². The molecule has 1 rings (SSSR count). The quantitative estimate of drug-likeness (QED) is 0.229. The van der Waals surface area contributed by atoms with Crippen LogP contribution in [0, 0.1) is 11.8 Å². The van der Waals surface area contributed by atoms with Crippen molar-refractivity contribution in [1.82, 2.24) is 36.0 Å². The summed E-state index contributed by atoms with van der Waals surface area (Å²) < 4.78 is 0. The monoisotopic (exact) mass is 634 g/mol. The van der Waals surface area contributed by atoms with Gasteiger partial charge in [0, 0.05) is 33.9 Å². The van der Waals surface area contributed by atoms with Crippen LogP contribution in [0.2, 0.25) is 0 Å². The predicted octanol–water partition coefficient (Wildman–Crippen LogP) is 2.32. The second-order valence-corrected chi connectivity index (χ2v) is 11.6. The molecule has 14 nitrogen and oxygen atoms in total. The third kappa shape index (κ3) is 11.8. The van der Waals surface area contributed by atoms with E-state index in [9.17, 15) is 28.8 Å². The lowest BCUT2D eigenvalue weighted by Gasteiger charge is -2.31. The number of amides is 9. The molecule has 0 saturated heterocycles. The van der Waals surface area contributed by atoms with E-state index in [0.29, 0.717) is 17.7 Å². The number of carbonyl (C=O) groups excluding carboxylic acids is 6. The summed E-state index contributed by atoms with van der Waals surface area (Å²) in [4.78, 5) is 79.5. The third-order valence-corrected chi connectivity index (χ3v) is 7.04. The van der Waals surface area contributed by atoms with E-state index < -0.39 is 48.0 Å². The van der Waals surface area contributed by atoms with Crippen LogP contribution in [0.15, 0.2) is 30.3 Å². The molecule has 0 aromatic heterocycles. The smallest absolute Gasteiger partial charge is 0.333 e. The Morgan fingerprint density at radius 1 is 0.750 bits per heavy atom. The van der Waals surface area contributed by atoms with E-state index in [-0.39, 0.29) is 22.9 Å². The van der Waals surface area contributed by atoms with Crippen LogP contribution in [0.5, 0.6) is 0 Å². The Kier molecular flexibility index (Phi) is 15.2. The Hall–Kier alpha value is -4.27. The molecule has 244 valence electrons. The normalized spacial score (nSPS) is 12.7. The first-order valence-electron chi connectivity index (χ1n) is 14.3. The second kappa shape index (κ2) is 17.8. The van der Waals surface area contributed by atoms with Crippen LogP contribution < -0.4 is 26.6 Å². The number of benzene rings is 1. The molecule has 5 N–H and O–H groups in total. The lowest BCUT2D eigenvalue weighted by molar-refractivity contribution is -0.140. The maximum Gasteiger partial charge on any atom is 0.333 e. The molecule has 9 amide bonds. The van der Waals surface area contributed by atoms with Gasteiger partial charge in [-0.05, 0) is 56.0 Å². The van der Waals surface area contributed by atoms with Crippen molar-refractivity contribution in [3.63, 3.8) is 0 Å². The summed E-state index contributed by atoms with van der Waals surface area (Å²) in [6, 6.07) is 3.17. The van der Waals surface area contributed by atoms with Crippen LogP contribution in [0.25, 0.3) is 0 Å². The first-order valence-corrected chi connectivity index (χ1v) is 14.7. The van der Waals surface area contributed by atoms with Gasteiger partial charge in [-0.3, -0.25) is 25.0 Å². The second-order valence-electron chi connectivity index (χ2n) is 11.2. The fourth-order valence-corrected chi connectivity index (χ4v) is 4.36. The van der Waals surface area contributed by atoms with Gasteiger partial charge >= 0.3 is 18.1 Å². The van der Waals surface area contributed by atoms with Crippen molar-refractivity contribution >= 4 is 58.8 Å². The minimum absolute atomic E-state index is 0.0632. The number of carbonyl (C=O) groups is 6. The number of rotatable bonds is 11. The van der Waals surface area contributed by atoms with Crippen molar-refractivity contribution in [3.05, 3.63) is 30.3 Å². The van der Waals surface area contributed by atoms with Gasteiger partial charge < -0.3 is 25.8 Å². The van der Waals surface area contributed by atoms with Gasteiger partial charge in [-0.2, -0.15) is 0 Å². The molecule has 0 unspecified atom stereocenters. The predicted molar refractivity (Wildman–Crippen MR) is 172 cm³/mol. The summed E-state index contributed by atoms with van der Waals surface area (Å²) in [5.41, 5.74) is 0.725. The van der Waals surface area contributed by atoms with Gasteiger partial charge in [-0.15, -0.1) is 0 Å². The van der Waals surface area contributed by atoms with E-state index in [4.69, 9.17) is 12.2 Å². The van der Waals surface area contributed by atoms with Gasteiger partial charge in [-0.25, -0.2) is 19.3 Å². The molecule has 0 saturated carbocycles. The Bertz CT molecular complexity index is 1200. The minimum Gasteiger partial charge on any atom is -0.357 e. The number of thiocarbonyl (C=S) groups is 1. The lowest BCUT2D eigenvalue weighted by Crippen LogP contribution is -2.57. The zero-order chi connectivity index (χ0) is 33.7. The first kappa shape index (κ1) is 37.8. The number of imide groups is 3. The number of hydrogen-bond acceptors (Lipinski definition) is 7. The number of urea groups is 3. The zero-order valence-corrected chi connectivity index (χ0v) is 27.7. The van der Waals surface area contributed by atoms with E-state index in [1.165, 1.54) is 30.8 Å². The highest BCUT2D eigenvalue weighted by Gasteiger charge is 2.32. The molecule has 3 atom stereocenters. The van der Waals surface area contributed by atoms with Gasteiger partial charge in [0.05, 0.1) is 0 Å². The Labute approximate surface area is 264 Å². The number of nitrogens with one attached hydrogen (secondary N) is 5. The zero-order valence-electron chi connectivity index (χ0n) is 26.9. The molecule has 15 heteroatoms. The first-order chi connectivity index (χ1) is 20.5. The molecule has 44 heavy (non-hydrogen) atoms. The summed E-state index contributed by atoms with van der Waals surface area (Å²) in [6.45, 7) is 9.05. The fourth-order valence-electron chi connectivity index (χ4n) is 4.12. The van der Waals surface area contributed by atoms with E-state index >= 15 is 0 Å². The molecule has 1 aromatic rings. The molecule has 0 aliphatic heterocycles. The van der Waals surface area contributed by atoms with Crippen LogP contribution in [0.3, 0.4) is 0 Å². The standard InChI is InChI=1S/C29H46N8O6S/c1-17(2)15-21(23(38)30-6)35(7)25(40)19(5)31-26(41)34-28(43)37(9)27(42)33-24(39)22(16-18(3)4)36(8)29(44)32-20-13-11-10-12-14-20/h10-14,17-19,21-22H,15-16H2,1-9H3,(H,30,38)(H,32,44)(H,33,39,42)(H2,31,34,41,43)/t19-,21-,22-/m0/s1. The van der Waals surface area contributed by atoms with Crippen LogP contribution in [0.1, 0.15) is 47.5 Å². The number of likely N-dealkylation sites (N-methyl/N-ethyl adjacent to an activating group) is 3. The number of anilines is 1. The number of hydrogen-bond donors (Lipinski definition) is 5. The Balaban J connectivity index is 2.81. The van der Waals surface area contributed by atoms with Crippen molar-refractivity contribution < 1.29 is 28.8 Å². The largest absolute Gasteiger partial charge is 0.357 e. The number of nitrogens with zero attached hydrogens (tertiary/aromatic N) is 3. The molecule has 0 radical (unpaired) electrons. The summed E-state index contributed by atoms with van der Waals surface area (Å²) in [5.74, 6) is -1.41. The molecule has 1 aromatic carbocycles. The topological polar surface area (TPSA) is 172 Å². The Morgan fingerprint density at radius 2 is 1.25 bits per heavy atom. The molecular weight excluding hydrogens is 588 g/mol. The number of para-hydroxylation sites is 1. The van der Waals surface area contributed by atoms with E-state index in [2.05, 4.69) is 21.3 Å². The summed E-state index contributed by atoms with van der Waals surface area (Å²) in [7, 11) is 5.62. The molecular formula is C29H46N8O6S. The highest BCUT2D eigenvalue weighted by atomic mass is 32.1. The van der Waals surface area contributed by atoms with Crippen molar-refractivity contribution in [2.24, 2.45) is 11.8 Å². The van der Waals surface area contributed by atoms with Gasteiger partial charge in [0.1, 0.15) is 18.1 Å². The average molecular weight is 635 g/mol. The van der Waals surface area contributed by atoms with E-state index in [1.54, 1.807) is 7.05 Å². The summed E-state index contributed by atoms with van der Waals surface area (Å²) in [5, 5.41) is 12.3. The summed E-state index contributed by atoms with van der Waals surface area (Å²) >= 11 is 5.47. The van der Waals surface area contributed by atoms with Gasteiger partial charge in [0.2, 0.25) is 11.8 Å². The van der Waals surface area contributed by atoms with E-state index in [1.807, 2.05) is 63.3 Å². The van der Waals surface area contributed by atoms with E-state index in [0.717, 1.165) is 12.7 Å². The van der Waals surface area contributed by atoms with Crippen molar-refractivity contribution in [2.45, 2.75) is 65.6 Å². The maximum absolute atomic E-state index is 13.1. The highest BCUT2D eigenvalue weighted by molar-refractivity contribution is 7.80. The minimum atomic E-state index is -1.14. The molecule has 0 aliphatic carbocycles. The molecule has 0 fully saturated rings. The van der Waals surface area contributed by atoms with Crippen molar-refractivity contribution in [1.29, 1.82) is 0 Å². The Morgan fingerprint density at radius 3 is 1.75 bits per heavy atom. The fraction of sp³-hybridized carbons (Fsp3) is 0.552. The maximum atomic E-state index is 13.1. The molecule has 0 bridgehead atoms. The third-order valence-electron chi connectivity index (χ3n) is 6.65. The average Bonchev–Trinajstić information content (AvgIpc) is 2.96. The SMILES string of the molecule is CNC(=O)[C@H](CC(C)C)N(C)C(=O)[C@H](C)NC(=O)NC(=O)N(C)C(=O)NC(=O)[C@H](CC(C)C)N(C)C(=S)Nc1ccccc1. The summed E-state index contributed by atoms with van der Waals surface area (Å²) in [6.07, 6.45) is 0.754. The van der Waals surface area contributed by atoms with Crippen molar-refractivity contribution in [3.8, 4) is 0 Å². The highest BCUT2D eigenvalue weighted by Crippen LogP contribution is 2.14. The van der Waals surface area contributed by atoms with Crippen LogP contribution >= 0.6 is 12.2 Å². The van der Waals surface area contributed by atoms with Gasteiger partial charge in [-0.1, -0.05) is 45.9 Å². The molecule has 0 heterocycles. The van der Waals surface area contributed by atoms with Crippen molar-refractivity contribution in [2.75, 3.05) is 33.5 Å².